The van der Waals surface area contributed by atoms with Crippen LogP contribution in [0.5, 0.6) is 0 Å². The van der Waals surface area contributed by atoms with Gasteiger partial charge in [-0.25, -0.2) is 4.85 Å². The smallest absolute Gasteiger partial charge is 0.254 e. The number of hydrogen-bond donors (Lipinski definition) is 2. The van der Waals surface area contributed by atoms with E-state index in [1.807, 2.05) is 30.0 Å². The van der Waals surface area contributed by atoms with Crippen molar-refractivity contribution in [2.24, 2.45) is 0 Å². The summed E-state index contributed by atoms with van der Waals surface area (Å²) in [4.78, 5) is 34.5. The Bertz CT molecular complexity index is 1090. The predicted octanol–water partition coefficient (Wildman–Crippen LogP) is 4.44. The van der Waals surface area contributed by atoms with Crippen molar-refractivity contribution in [3.8, 4) is 0 Å². The van der Waals surface area contributed by atoms with Gasteiger partial charge in [-0.15, -0.1) is 0 Å². The zero-order chi connectivity index (χ0) is 22.0. The topological polar surface area (TPSA) is 78.7 Å². The van der Waals surface area contributed by atoms with Crippen molar-refractivity contribution in [3.05, 3.63) is 71.2 Å². The minimum atomic E-state index is -0.295. The number of amides is 2. The lowest BCUT2D eigenvalue weighted by Crippen LogP contribution is -2.42. The normalized spacial score (nSPS) is 20.0. The highest BCUT2D eigenvalue weighted by Gasteiger charge is 2.35. The third kappa shape index (κ3) is 4.29. The van der Waals surface area contributed by atoms with Crippen molar-refractivity contribution >= 4 is 29.0 Å². The number of fused-ring (bicyclic) bond motifs is 1. The number of aromatic nitrogens is 1. The van der Waals surface area contributed by atoms with Crippen molar-refractivity contribution in [1.29, 1.82) is 0 Å². The van der Waals surface area contributed by atoms with Gasteiger partial charge in [-0.3, -0.25) is 14.6 Å². The van der Waals surface area contributed by atoms with Gasteiger partial charge >= 0.3 is 0 Å². The maximum Gasteiger partial charge on any atom is 0.254 e. The molecule has 0 unspecified atom stereocenters. The molecule has 2 aromatic rings. The third-order valence-corrected chi connectivity index (χ3v) is 6.04. The van der Waals surface area contributed by atoms with Crippen LogP contribution in [0.3, 0.4) is 0 Å². The Labute approximate surface area is 182 Å². The van der Waals surface area contributed by atoms with E-state index in [9.17, 15) is 9.59 Å². The zero-order valence-electron chi connectivity index (χ0n) is 17.5. The van der Waals surface area contributed by atoms with E-state index in [2.05, 4.69) is 27.0 Å². The van der Waals surface area contributed by atoms with Gasteiger partial charge in [-0.05, 0) is 68.0 Å². The molecule has 1 fully saturated rings. The van der Waals surface area contributed by atoms with E-state index in [1.54, 1.807) is 12.3 Å². The Hall–Kier alpha value is -3.66. The second-order valence-corrected chi connectivity index (χ2v) is 8.13. The molecular weight excluding hydrogens is 390 g/mol. The molecule has 31 heavy (non-hydrogen) atoms. The van der Waals surface area contributed by atoms with Gasteiger partial charge in [0.05, 0.1) is 6.57 Å². The predicted molar refractivity (Wildman–Crippen MR) is 120 cm³/mol. The largest absolute Gasteiger partial charge is 0.367 e. The number of benzene rings is 1. The van der Waals surface area contributed by atoms with Gasteiger partial charge in [0.1, 0.15) is 5.82 Å². The molecular formula is C24H25N5O2. The van der Waals surface area contributed by atoms with Crippen LogP contribution in [0.2, 0.25) is 0 Å². The lowest BCUT2D eigenvalue weighted by atomic mass is 9.90. The zero-order valence-corrected chi connectivity index (χ0v) is 17.5. The number of anilines is 2. The SMILES string of the molecule is [C-]#[N+]c1cnc(N[C@@H]2CCC[C@H](N3Cc4ccc(NC(=O)C=C)cc4C3=O)C2)cc1C. The Morgan fingerprint density at radius 2 is 2.19 bits per heavy atom. The van der Waals surface area contributed by atoms with E-state index >= 15 is 0 Å². The van der Waals surface area contributed by atoms with Gasteiger partial charge in [0.25, 0.3) is 5.91 Å². The molecule has 7 nitrogen and oxygen atoms in total. The van der Waals surface area contributed by atoms with Crippen LogP contribution >= 0.6 is 0 Å². The van der Waals surface area contributed by atoms with Crippen LogP contribution in [0.25, 0.3) is 4.85 Å². The number of aryl methyl sites for hydroxylation is 1. The standard InChI is InChI=1S/C24H25N5O2/c1-4-23(30)28-18-9-8-16-14-29(24(31)20(16)12-18)19-7-5-6-17(11-19)27-22-10-15(2)21(25-3)13-26-22/h4,8-10,12-13,17,19H,1,5-7,11,14H2,2H3,(H,26,27)(H,28,30)/t17-,19+/m1/s1. The highest BCUT2D eigenvalue weighted by Crippen LogP contribution is 2.33. The van der Waals surface area contributed by atoms with E-state index in [1.165, 1.54) is 6.08 Å². The van der Waals surface area contributed by atoms with Crippen LogP contribution in [-0.2, 0) is 11.3 Å². The minimum Gasteiger partial charge on any atom is -0.367 e. The maximum atomic E-state index is 13.1. The van der Waals surface area contributed by atoms with Crippen molar-refractivity contribution in [2.75, 3.05) is 10.6 Å². The summed E-state index contributed by atoms with van der Waals surface area (Å²) in [7, 11) is 0. The van der Waals surface area contributed by atoms with Crippen LogP contribution in [0.15, 0.2) is 43.1 Å². The summed E-state index contributed by atoms with van der Waals surface area (Å²) in [6.07, 6.45) is 6.69. The Morgan fingerprint density at radius 3 is 2.94 bits per heavy atom. The summed E-state index contributed by atoms with van der Waals surface area (Å²) in [5, 5.41) is 6.21. The van der Waals surface area contributed by atoms with Crippen molar-refractivity contribution in [2.45, 2.75) is 51.2 Å². The number of carbonyl (C=O) groups is 2. The lowest BCUT2D eigenvalue weighted by molar-refractivity contribution is -0.111. The van der Waals surface area contributed by atoms with Crippen LogP contribution in [-0.4, -0.2) is 33.8 Å². The van der Waals surface area contributed by atoms with Gasteiger partial charge in [0.2, 0.25) is 11.6 Å². The monoisotopic (exact) mass is 415 g/mol. The van der Waals surface area contributed by atoms with E-state index in [0.717, 1.165) is 42.6 Å². The first kappa shape index (κ1) is 20.6. The second kappa shape index (κ2) is 8.60. The summed E-state index contributed by atoms with van der Waals surface area (Å²) in [6.45, 7) is 13.1. The molecule has 7 heteroatoms. The number of rotatable bonds is 5. The second-order valence-electron chi connectivity index (χ2n) is 8.13. The molecule has 0 saturated heterocycles. The van der Waals surface area contributed by atoms with Gasteiger partial charge in [0.15, 0.2) is 0 Å². The summed E-state index contributed by atoms with van der Waals surface area (Å²) in [6, 6.07) is 7.78. The molecule has 158 valence electrons. The molecule has 1 aliphatic carbocycles. The molecule has 2 N–H and O–H groups in total. The summed E-state index contributed by atoms with van der Waals surface area (Å²) >= 11 is 0. The van der Waals surface area contributed by atoms with Crippen molar-refractivity contribution in [3.63, 3.8) is 0 Å². The first-order chi connectivity index (χ1) is 15.0. The highest BCUT2D eigenvalue weighted by molar-refractivity contribution is 6.02. The molecule has 1 aromatic carbocycles. The number of carbonyl (C=O) groups excluding carboxylic acids is 2. The van der Waals surface area contributed by atoms with E-state index in [-0.39, 0.29) is 23.9 Å². The summed E-state index contributed by atoms with van der Waals surface area (Å²) < 4.78 is 0. The van der Waals surface area contributed by atoms with Crippen LogP contribution in [0.4, 0.5) is 17.2 Å². The average molecular weight is 415 g/mol. The average Bonchev–Trinajstić information content (AvgIpc) is 3.10. The molecule has 2 amide bonds. The molecule has 1 aromatic heterocycles. The molecule has 1 aliphatic heterocycles. The molecule has 2 aliphatic rings. The van der Waals surface area contributed by atoms with E-state index in [4.69, 9.17) is 6.57 Å². The summed E-state index contributed by atoms with van der Waals surface area (Å²) in [5.74, 6) is 0.497. The van der Waals surface area contributed by atoms with Crippen molar-refractivity contribution < 1.29 is 9.59 Å². The quantitative estimate of drug-likeness (QED) is 0.559. The van der Waals surface area contributed by atoms with Crippen LogP contribution < -0.4 is 10.6 Å². The minimum absolute atomic E-state index is 0.0192. The summed E-state index contributed by atoms with van der Waals surface area (Å²) in [5.41, 5.74) is 3.72. The Morgan fingerprint density at radius 1 is 1.35 bits per heavy atom. The van der Waals surface area contributed by atoms with Crippen LogP contribution in [0, 0.1) is 13.5 Å². The first-order valence-corrected chi connectivity index (χ1v) is 10.5. The maximum absolute atomic E-state index is 13.1. The molecule has 2 atom stereocenters. The number of hydrogen-bond acceptors (Lipinski definition) is 4. The molecule has 0 radical (unpaired) electrons. The van der Waals surface area contributed by atoms with Gasteiger partial charge in [-0.1, -0.05) is 12.6 Å². The van der Waals surface area contributed by atoms with Gasteiger partial charge in [-0.2, -0.15) is 0 Å². The molecule has 4 rings (SSSR count). The van der Waals surface area contributed by atoms with Gasteiger partial charge < -0.3 is 15.5 Å². The molecule has 2 heterocycles. The van der Waals surface area contributed by atoms with E-state index in [0.29, 0.717) is 23.5 Å². The number of nitrogens with one attached hydrogen (secondary N) is 2. The van der Waals surface area contributed by atoms with Crippen LogP contribution in [0.1, 0.15) is 47.2 Å². The molecule has 1 saturated carbocycles. The third-order valence-electron chi connectivity index (χ3n) is 6.04. The molecule has 0 bridgehead atoms. The fourth-order valence-corrected chi connectivity index (χ4v) is 4.42. The number of pyridine rings is 1. The number of nitrogens with zero attached hydrogens (tertiary/aromatic N) is 3. The first-order valence-electron chi connectivity index (χ1n) is 10.5. The highest BCUT2D eigenvalue weighted by atomic mass is 16.2. The fourth-order valence-electron chi connectivity index (χ4n) is 4.42. The van der Waals surface area contributed by atoms with E-state index < -0.39 is 0 Å². The molecule has 0 spiro atoms. The Balaban J connectivity index is 1.44. The van der Waals surface area contributed by atoms with Crippen molar-refractivity contribution in [1.82, 2.24) is 9.88 Å². The Kier molecular flexibility index (Phi) is 5.72. The van der Waals surface area contributed by atoms with Gasteiger partial charge in [0, 0.05) is 36.1 Å². The fraction of sp³-hybridized carbons (Fsp3) is 0.333. The lowest BCUT2D eigenvalue weighted by Gasteiger charge is -2.35.